The van der Waals surface area contributed by atoms with Gasteiger partial charge in [0.15, 0.2) is 0 Å². The highest BCUT2D eigenvalue weighted by Gasteiger charge is 2.05. The zero-order valence-electron chi connectivity index (χ0n) is 9.62. The van der Waals surface area contributed by atoms with Crippen LogP contribution < -0.4 is 10.0 Å². The van der Waals surface area contributed by atoms with Gasteiger partial charge in [0.05, 0.1) is 5.75 Å². The van der Waals surface area contributed by atoms with Gasteiger partial charge in [-0.1, -0.05) is 6.92 Å². The molecule has 0 atom stereocenters. The molecule has 4 nitrogen and oxygen atoms in total. The molecule has 0 aliphatic rings. The van der Waals surface area contributed by atoms with Crippen molar-refractivity contribution in [3.63, 3.8) is 0 Å². The number of sulfonamides is 1. The largest absolute Gasteiger partial charge is 0.311 e. The maximum Gasteiger partial charge on any atom is 0.212 e. The Kier molecular flexibility index (Phi) is 5.40. The molecule has 0 radical (unpaired) electrons. The number of hydrogen-bond acceptors (Lipinski definition) is 4. The second-order valence-electron chi connectivity index (χ2n) is 3.42. The van der Waals surface area contributed by atoms with Gasteiger partial charge in [-0.15, -0.1) is 11.3 Å². The first kappa shape index (κ1) is 13.6. The fraction of sp³-hybridized carbons (Fsp3) is 0.600. The zero-order valence-corrected chi connectivity index (χ0v) is 11.2. The molecular formula is C10H18N2O2S2. The van der Waals surface area contributed by atoms with Crippen LogP contribution in [0.4, 0.5) is 0 Å². The lowest BCUT2D eigenvalue weighted by Gasteiger charge is -2.03. The van der Waals surface area contributed by atoms with Crippen LogP contribution in [0.2, 0.25) is 0 Å². The molecule has 0 bridgehead atoms. The number of rotatable bonds is 7. The Labute approximate surface area is 101 Å². The number of aryl methyl sites for hydroxylation is 1. The highest BCUT2D eigenvalue weighted by atomic mass is 32.2. The molecule has 0 fully saturated rings. The van der Waals surface area contributed by atoms with Crippen LogP contribution in [0.5, 0.6) is 0 Å². The maximum absolute atomic E-state index is 11.1. The van der Waals surface area contributed by atoms with Crippen LogP contribution in [0, 0.1) is 0 Å². The Bertz CT molecular complexity index is 412. The van der Waals surface area contributed by atoms with Gasteiger partial charge in [0.2, 0.25) is 10.0 Å². The van der Waals surface area contributed by atoms with Crippen molar-refractivity contribution in [2.45, 2.75) is 19.9 Å². The summed E-state index contributed by atoms with van der Waals surface area (Å²) >= 11 is 1.77. The van der Waals surface area contributed by atoms with Crippen molar-refractivity contribution >= 4 is 21.4 Å². The number of nitrogens with one attached hydrogen (secondary N) is 2. The van der Waals surface area contributed by atoms with E-state index in [1.807, 2.05) is 0 Å². The third-order valence-corrected chi connectivity index (χ3v) is 4.82. The van der Waals surface area contributed by atoms with E-state index in [0.29, 0.717) is 6.54 Å². The van der Waals surface area contributed by atoms with E-state index >= 15 is 0 Å². The van der Waals surface area contributed by atoms with Gasteiger partial charge in [-0.25, -0.2) is 13.1 Å². The van der Waals surface area contributed by atoms with Gasteiger partial charge >= 0.3 is 0 Å². The summed E-state index contributed by atoms with van der Waals surface area (Å²) in [4.78, 5) is 2.61. The fourth-order valence-electron chi connectivity index (χ4n) is 1.23. The van der Waals surface area contributed by atoms with Crippen molar-refractivity contribution in [2.24, 2.45) is 0 Å². The van der Waals surface area contributed by atoms with Crippen LogP contribution in [0.1, 0.15) is 16.7 Å². The van der Waals surface area contributed by atoms with Gasteiger partial charge in [0.25, 0.3) is 0 Å². The van der Waals surface area contributed by atoms with Crippen molar-refractivity contribution in [3.8, 4) is 0 Å². The van der Waals surface area contributed by atoms with E-state index < -0.39 is 10.0 Å². The molecule has 6 heteroatoms. The molecule has 0 aliphatic heterocycles. The lowest BCUT2D eigenvalue weighted by Crippen LogP contribution is -2.29. The van der Waals surface area contributed by atoms with Crippen LogP contribution in [0.3, 0.4) is 0 Å². The third-order valence-electron chi connectivity index (χ3n) is 2.22. The summed E-state index contributed by atoms with van der Waals surface area (Å²) in [5.41, 5.74) is 0. The van der Waals surface area contributed by atoms with Crippen molar-refractivity contribution in [1.29, 1.82) is 0 Å². The summed E-state index contributed by atoms with van der Waals surface area (Å²) < 4.78 is 24.5. The summed E-state index contributed by atoms with van der Waals surface area (Å²) in [6, 6.07) is 4.20. The van der Waals surface area contributed by atoms with E-state index in [1.165, 1.54) is 16.8 Å². The number of hydrogen-bond donors (Lipinski definition) is 2. The van der Waals surface area contributed by atoms with Gasteiger partial charge in [-0.3, -0.25) is 0 Å². The smallest absolute Gasteiger partial charge is 0.212 e. The van der Waals surface area contributed by atoms with Gasteiger partial charge < -0.3 is 5.32 Å². The first-order valence-corrected chi connectivity index (χ1v) is 7.74. The van der Waals surface area contributed by atoms with Crippen LogP contribution in [-0.2, 0) is 23.0 Å². The van der Waals surface area contributed by atoms with Crippen molar-refractivity contribution in [1.82, 2.24) is 10.0 Å². The van der Waals surface area contributed by atoms with Crippen LogP contribution in [0.25, 0.3) is 0 Å². The topological polar surface area (TPSA) is 58.2 Å². The van der Waals surface area contributed by atoms with E-state index in [0.717, 1.165) is 13.0 Å². The molecule has 2 N–H and O–H groups in total. The first-order valence-electron chi connectivity index (χ1n) is 5.27. The molecule has 0 aliphatic carbocycles. The molecule has 0 unspecified atom stereocenters. The van der Waals surface area contributed by atoms with Crippen molar-refractivity contribution in [2.75, 3.05) is 19.3 Å². The zero-order chi connectivity index (χ0) is 12.0. The molecule has 0 spiro atoms. The molecule has 92 valence electrons. The molecule has 0 saturated heterocycles. The van der Waals surface area contributed by atoms with Crippen LogP contribution >= 0.6 is 11.3 Å². The Balaban J connectivity index is 2.26. The minimum Gasteiger partial charge on any atom is -0.311 e. The fourth-order valence-corrected chi connectivity index (χ4v) is 2.77. The second kappa shape index (κ2) is 6.34. The van der Waals surface area contributed by atoms with Crippen LogP contribution in [0.15, 0.2) is 12.1 Å². The first-order chi connectivity index (χ1) is 7.57. The van der Waals surface area contributed by atoms with E-state index in [-0.39, 0.29) is 5.75 Å². The molecule has 0 amide bonds. The molecule has 0 aromatic carbocycles. The van der Waals surface area contributed by atoms with Crippen LogP contribution in [-0.4, -0.2) is 27.8 Å². The van der Waals surface area contributed by atoms with Gasteiger partial charge in [0.1, 0.15) is 0 Å². The van der Waals surface area contributed by atoms with E-state index in [9.17, 15) is 8.42 Å². The van der Waals surface area contributed by atoms with E-state index in [1.54, 1.807) is 11.3 Å². The molecule has 1 rings (SSSR count). The van der Waals surface area contributed by atoms with Gasteiger partial charge in [-0.05, 0) is 25.6 Å². The summed E-state index contributed by atoms with van der Waals surface area (Å²) in [5.74, 6) is 0.121. The SMILES string of the molecule is CCc1ccc(CNCCS(=O)(=O)NC)s1. The summed E-state index contributed by atoms with van der Waals surface area (Å²) in [6.07, 6.45) is 1.05. The van der Waals surface area contributed by atoms with Gasteiger partial charge in [0, 0.05) is 22.8 Å². The van der Waals surface area contributed by atoms with Gasteiger partial charge in [-0.2, -0.15) is 0 Å². The van der Waals surface area contributed by atoms with Crippen molar-refractivity contribution in [3.05, 3.63) is 21.9 Å². The average Bonchev–Trinajstić information content (AvgIpc) is 2.72. The molecule has 1 heterocycles. The molecule has 0 saturated carbocycles. The predicted molar refractivity (Wildman–Crippen MR) is 68.3 cm³/mol. The average molecular weight is 262 g/mol. The standard InChI is InChI=1S/C10H18N2O2S2/c1-3-9-4-5-10(15-9)8-12-6-7-16(13,14)11-2/h4-5,11-12H,3,6-8H2,1-2H3. The minimum atomic E-state index is -3.08. The molecule has 1 aromatic heterocycles. The van der Waals surface area contributed by atoms with Crippen molar-refractivity contribution < 1.29 is 8.42 Å². The summed E-state index contributed by atoms with van der Waals surface area (Å²) in [5, 5.41) is 3.12. The summed E-state index contributed by atoms with van der Waals surface area (Å²) in [6.45, 7) is 3.34. The maximum atomic E-state index is 11.1. The third kappa shape index (κ3) is 4.61. The minimum absolute atomic E-state index is 0.121. The number of thiophene rings is 1. The predicted octanol–water partition coefficient (Wildman–Crippen LogP) is 0.949. The monoisotopic (exact) mass is 262 g/mol. The normalized spacial score (nSPS) is 11.9. The lowest BCUT2D eigenvalue weighted by molar-refractivity contribution is 0.583. The van der Waals surface area contributed by atoms with E-state index in [2.05, 4.69) is 29.1 Å². The molecule has 16 heavy (non-hydrogen) atoms. The Morgan fingerprint density at radius 1 is 1.31 bits per heavy atom. The Hall–Kier alpha value is -0.430. The summed E-state index contributed by atoms with van der Waals surface area (Å²) in [7, 11) is -1.65. The quantitative estimate of drug-likeness (QED) is 0.719. The molecule has 1 aromatic rings. The Morgan fingerprint density at radius 2 is 2.00 bits per heavy atom. The lowest BCUT2D eigenvalue weighted by atomic mass is 10.3. The van der Waals surface area contributed by atoms with E-state index in [4.69, 9.17) is 0 Å². The second-order valence-corrected chi connectivity index (χ2v) is 6.72. The highest BCUT2D eigenvalue weighted by molar-refractivity contribution is 7.89. The highest BCUT2D eigenvalue weighted by Crippen LogP contribution is 2.16. The Morgan fingerprint density at radius 3 is 2.56 bits per heavy atom. The molecular weight excluding hydrogens is 244 g/mol.